The van der Waals surface area contributed by atoms with Crippen LogP contribution in [0.25, 0.3) is 21.0 Å². The minimum atomic E-state index is -0.0308. The second-order valence-corrected chi connectivity index (χ2v) is 8.53. The molecule has 1 amide bonds. The maximum atomic E-state index is 12.4. The van der Waals surface area contributed by atoms with Crippen LogP contribution in [-0.2, 0) is 4.79 Å². The molecular formula is C19H13BrN2OS2. The standard InChI is InChI=1S/C19H13BrN2OS2/c20-14-9-10-15(13-6-2-1-5-12(13)14)21-18(23)11-24-19-22-16-7-3-4-8-17(16)25-19/h1-10H,11H2,(H,21,23). The molecule has 0 saturated heterocycles. The van der Waals surface area contributed by atoms with Crippen molar-refractivity contribution in [3.05, 3.63) is 65.1 Å². The zero-order valence-corrected chi connectivity index (χ0v) is 16.2. The van der Waals surface area contributed by atoms with Crippen LogP contribution in [0.1, 0.15) is 0 Å². The molecule has 0 bridgehead atoms. The van der Waals surface area contributed by atoms with Gasteiger partial charge in [0.15, 0.2) is 4.34 Å². The first-order chi connectivity index (χ1) is 12.2. The lowest BCUT2D eigenvalue weighted by Crippen LogP contribution is -2.14. The van der Waals surface area contributed by atoms with Crippen molar-refractivity contribution in [3.63, 3.8) is 0 Å². The lowest BCUT2D eigenvalue weighted by Gasteiger charge is -2.09. The fourth-order valence-electron chi connectivity index (χ4n) is 2.60. The molecule has 0 atom stereocenters. The molecule has 1 N–H and O–H groups in total. The highest BCUT2D eigenvalue weighted by Crippen LogP contribution is 2.31. The number of carbonyl (C=O) groups is 1. The molecule has 3 aromatic carbocycles. The summed E-state index contributed by atoms with van der Waals surface area (Å²) in [5.41, 5.74) is 1.81. The van der Waals surface area contributed by atoms with E-state index in [1.165, 1.54) is 11.8 Å². The maximum Gasteiger partial charge on any atom is 0.234 e. The number of thioether (sulfide) groups is 1. The van der Waals surface area contributed by atoms with Gasteiger partial charge in [0.1, 0.15) is 0 Å². The number of hydrogen-bond acceptors (Lipinski definition) is 4. The van der Waals surface area contributed by atoms with Crippen molar-refractivity contribution < 1.29 is 4.79 Å². The molecule has 0 unspecified atom stereocenters. The van der Waals surface area contributed by atoms with Crippen LogP contribution >= 0.6 is 39.0 Å². The number of benzene rings is 3. The van der Waals surface area contributed by atoms with Gasteiger partial charge in [-0.3, -0.25) is 4.79 Å². The molecule has 0 saturated carbocycles. The maximum absolute atomic E-state index is 12.4. The van der Waals surface area contributed by atoms with Gasteiger partial charge in [-0.1, -0.05) is 64.1 Å². The Labute approximate surface area is 161 Å². The Hall–Kier alpha value is -1.89. The molecule has 0 aliphatic rings. The van der Waals surface area contributed by atoms with Gasteiger partial charge in [0.25, 0.3) is 0 Å². The topological polar surface area (TPSA) is 42.0 Å². The van der Waals surface area contributed by atoms with Crippen molar-refractivity contribution in [1.29, 1.82) is 0 Å². The Morgan fingerprint density at radius 3 is 2.64 bits per heavy atom. The van der Waals surface area contributed by atoms with Gasteiger partial charge in [0.2, 0.25) is 5.91 Å². The highest BCUT2D eigenvalue weighted by atomic mass is 79.9. The fraction of sp³-hybridized carbons (Fsp3) is 0.0526. The third-order valence-corrected chi connectivity index (χ3v) is 6.62. The molecule has 0 aliphatic carbocycles. The smallest absolute Gasteiger partial charge is 0.234 e. The van der Waals surface area contributed by atoms with E-state index >= 15 is 0 Å². The molecule has 25 heavy (non-hydrogen) atoms. The molecule has 4 rings (SSSR count). The lowest BCUT2D eigenvalue weighted by molar-refractivity contribution is -0.113. The van der Waals surface area contributed by atoms with Gasteiger partial charge < -0.3 is 5.32 Å². The summed E-state index contributed by atoms with van der Waals surface area (Å²) in [5.74, 6) is 0.307. The number of anilines is 1. The van der Waals surface area contributed by atoms with Gasteiger partial charge in [-0.05, 0) is 29.7 Å². The summed E-state index contributed by atoms with van der Waals surface area (Å²) in [6, 6.07) is 19.9. The van der Waals surface area contributed by atoms with Gasteiger partial charge in [-0.2, -0.15) is 0 Å². The lowest BCUT2D eigenvalue weighted by atomic mass is 10.1. The first kappa shape index (κ1) is 16.6. The molecule has 1 heterocycles. The van der Waals surface area contributed by atoms with E-state index in [0.717, 1.165) is 35.5 Å². The van der Waals surface area contributed by atoms with E-state index in [1.807, 2.05) is 60.7 Å². The molecule has 1 aromatic heterocycles. The summed E-state index contributed by atoms with van der Waals surface area (Å²) < 4.78 is 3.08. The second kappa shape index (κ2) is 7.15. The van der Waals surface area contributed by atoms with E-state index in [4.69, 9.17) is 0 Å². The van der Waals surface area contributed by atoms with Gasteiger partial charge in [0, 0.05) is 15.5 Å². The molecule has 3 nitrogen and oxygen atoms in total. The Morgan fingerprint density at radius 2 is 1.80 bits per heavy atom. The van der Waals surface area contributed by atoms with Crippen LogP contribution in [0.2, 0.25) is 0 Å². The Morgan fingerprint density at radius 1 is 1.04 bits per heavy atom. The number of para-hydroxylation sites is 1. The number of halogens is 1. The van der Waals surface area contributed by atoms with Crippen molar-refractivity contribution in [1.82, 2.24) is 4.98 Å². The monoisotopic (exact) mass is 428 g/mol. The van der Waals surface area contributed by atoms with Gasteiger partial charge in [0.05, 0.1) is 16.0 Å². The summed E-state index contributed by atoms with van der Waals surface area (Å²) in [4.78, 5) is 16.9. The average molecular weight is 429 g/mol. The minimum Gasteiger partial charge on any atom is -0.325 e. The summed E-state index contributed by atoms with van der Waals surface area (Å²) in [7, 11) is 0. The number of amides is 1. The van der Waals surface area contributed by atoms with Crippen molar-refractivity contribution in [2.24, 2.45) is 0 Å². The Balaban J connectivity index is 1.48. The highest BCUT2D eigenvalue weighted by molar-refractivity contribution is 9.10. The van der Waals surface area contributed by atoms with E-state index in [1.54, 1.807) is 11.3 Å². The number of hydrogen-bond donors (Lipinski definition) is 1. The van der Waals surface area contributed by atoms with Crippen molar-refractivity contribution in [3.8, 4) is 0 Å². The van der Waals surface area contributed by atoms with Crippen LogP contribution in [0.15, 0.2) is 69.5 Å². The molecule has 6 heteroatoms. The predicted molar refractivity (Wildman–Crippen MR) is 111 cm³/mol. The number of nitrogens with one attached hydrogen (secondary N) is 1. The first-order valence-electron chi connectivity index (χ1n) is 7.66. The quantitative estimate of drug-likeness (QED) is 0.408. The average Bonchev–Trinajstić information content (AvgIpc) is 3.06. The summed E-state index contributed by atoms with van der Waals surface area (Å²) >= 11 is 6.64. The molecule has 4 aromatic rings. The van der Waals surface area contributed by atoms with Crippen LogP contribution in [0.5, 0.6) is 0 Å². The van der Waals surface area contributed by atoms with Crippen LogP contribution in [-0.4, -0.2) is 16.6 Å². The fourth-order valence-corrected chi connectivity index (χ4v) is 4.94. The number of aromatic nitrogens is 1. The van der Waals surface area contributed by atoms with Crippen molar-refractivity contribution in [2.45, 2.75) is 4.34 Å². The number of nitrogens with zero attached hydrogens (tertiary/aromatic N) is 1. The van der Waals surface area contributed by atoms with Crippen LogP contribution in [0, 0.1) is 0 Å². The van der Waals surface area contributed by atoms with E-state index in [2.05, 4.69) is 26.2 Å². The van der Waals surface area contributed by atoms with E-state index in [-0.39, 0.29) is 5.91 Å². The van der Waals surface area contributed by atoms with Gasteiger partial charge in [-0.25, -0.2) is 4.98 Å². The molecule has 0 spiro atoms. The molecule has 0 fully saturated rings. The van der Waals surface area contributed by atoms with Crippen molar-refractivity contribution in [2.75, 3.05) is 11.1 Å². The highest BCUT2D eigenvalue weighted by Gasteiger charge is 2.10. The second-order valence-electron chi connectivity index (χ2n) is 5.42. The number of carbonyl (C=O) groups excluding carboxylic acids is 1. The third-order valence-electron chi connectivity index (χ3n) is 3.75. The molecule has 0 aliphatic heterocycles. The minimum absolute atomic E-state index is 0.0308. The zero-order valence-electron chi connectivity index (χ0n) is 13.0. The number of rotatable bonds is 4. The van der Waals surface area contributed by atoms with E-state index in [0.29, 0.717) is 5.75 Å². The number of fused-ring (bicyclic) bond motifs is 2. The largest absolute Gasteiger partial charge is 0.325 e. The van der Waals surface area contributed by atoms with Crippen molar-refractivity contribution >= 4 is 71.6 Å². The Kier molecular flexibility index (Phi) is 4.74. The molecule has 124 valence electrons. The Bertz CT molecular complexity index is 1040. The number of thiazole rings is 1. The molecule has 0 radical (unpaired) electrons. The molecular weight excluding hydrogens is 416 g/mol. The van der Waals surface area contributed by atoms with Crippen LogP contribution in [0.4, 0.5) is 5.69 Å². The van der Waals surface area contributed by atoms with Crippen LogP contribution < -0.4 is 5.32 Å². The van der Waals surface area contributed by atoms with Gasteiger partial charge >= 0.3 is 0 Å². The van der Waals surface area contributed by atoms with E-state index < -0.39 is 0 Å². The zero-order chi connectivity index (χ0) is 17.2. The summed E-state index contributed by atoms with van der Waals surface area (Å²) in [6.07, 6.45) is 0. The predicted octanol–water partition coefficient (Wildman–Crippen LogP) is 5.94. The summed E-state index contributed by atoms with van der Waals surface area (Å²) in [5, 5.41) is 5.12. The first-order valence-corrected chi connectivity index (χ1v) is 10.3. The van der Waals surface area contributed by atoms with E-state index in [9.17, 15) is 4.79 Å². The van der Waals surface area contributed by atoms with Crippen LogP contribution in [0.3, 0.4) is 0 Å². The van der Waals surface area contributed by atoms with Gasteiger partial charge in [-0.15, -0.1) is 11.3 Å². The third kappa shape index (κ3) is 3.56. The SMILES string of the molecule is O=C(CSc1nc2ccccc2s1)Nc1ccc(Br)c2ccccc12. The summed E-state index contributed by atoms with van der Waals surface area (Å²) in [6.45, 7) is 0. The normalized spacial score (nSPS) is 11.1.